The highest BCUT2D eigenvalue weighted by atomic mass is 35.5. The minimum Gasteiger partial charge on any atom is -0.317 e. The summed E-state index contributed by atoms with van der Waals surface area (Å²) in [4.78, 5) is 0. The molecular weight excluding hydrogens is 186 g/mol. The average Bonchev–Trinajstić information content (AvgIpc) is 2.71. The van der Waals surface area contributed by atoms with Gasteiger partial charge in [0.1, 0.15) is 0 Å². The highest BCUT2D eigenvalue weighted by Gasteiger charge is 2.24. The summed E-state index contributed by atoms with van der Waals surface area (Å²) >= 11 is 5.81. The molecule has 1 fully saturated rings. The summed E-state index contributed by atoms with van der Waals surface area (Å²) in [5.41, 5.74) is 0. The molecule has 1 aliphatic rings. The molecule has 1 aromatic heterocycles. The number of halogens is 1. The van der Waals surface area contributed by atoms with E-state index in [2.05, 4.69) is 10.4 Å². The molecule has 1 aromatic rings. The first-order valence-corrected chi connectivity index (χ1v) is 5.04. The quantitative estimate of drug-likeness (QED) is 0.788. The summed E-state index contributed by atoms with van der Waals surface area (Å²) in [5.74, 6) is 0. The standard InChI is InChI=1S/C9H14ClN3/c1-11-8-2-3-9(4-8)13-6-7(10)5-12-13/h5-6,8-9,11H,2-4H2,1H3. The Morgan fingerprint density at radius 3 is 3.00 bits per heavy atom. The van der Waals surface area contributed by atoms with E-state index in [1.54, 1.807) is 6.20 Å². The number of nitrogens with zero attached hydrogens (tertiary/aromatic N) is 2. The fourth-order valence-electron chi connectivity index (χ4n) is 1.97. The molecule has 0 radical (unpaired) electrons. The molecule has 0 amide bonds. The van der Waals surface area contributed by atoms with Crippen LogP contribution in [0.5, 0.6) is 0 Å². The molecule has 2 rings (SSSR count). The van der Waals surface area contributed by atoms with Gasteiger partial charge in [-0.3, -0.25) is 4.68 Å². The van der Waals surface area contributed by atoms with Gasteiger partial charge in [0.2, 0.25) is 0 Å². The highest BCUT2D eigenvalue weighted by molar-refractivity contribution is 6.30. The molecule has 1 aliphatic carbocycles. The maximum Gasteiger partial charge on any atom is 0.0785 e. The van der Waals surface area contributed by atoms with Gasteiger partial charge in [0, 0.05) is 12.2 Å². The first kappa shape index (κ1) is 9.03. The van der Waals surface area contributed by atoms with Crippen molar-refractivity contribution < 1.29 is 0 Å². The first-order chi connectivity index (χ1) is 6.29. The van der Waals surface area contributed by atoms with Crippen molar-refractivity contribution in [3.05, 3.63) is 17.4 Å². The maximum absolute atomic E-state index is 5.81. The van der Waals surface area contributed by atoms with Gasteiger partial charge in [-0.25, -0.2) is 0 Å². The third kappa shape index (κ3) is 1.86. The Kier molecular flexibility index (Phi) is 2.56. The Labute approximate surface area is 83.1 Å². The first-order valence-electron chi connectivity index (χ1n) is 4.66. The Morgan fingerprint density at radius 2 is 2.46 bits per heavy atom. The van der Waals surface area contributed by atoms with Crippen LogP contribution in [0.4, 0.5) is 0 Å². The number of nitrogens with one attached hydrogen (secondary N) is 1. The van der Waals surface area contributed by atoms with Crippen molar-refractivity contribution in [2.75, 3.05) is 7.05 Å². The van der Waals surface area contributed by atoms with Crippen LogP contribution < -0.4 is 5.32 Å². The second kappa shape index (κ2) is 3.68. The van der Waals surface area contributed by atoms with E-state index in [1.807, 2.05) is 17.9 Å². The van der Waals surface area contributed by atoms with Gasteiger partial charge in [0.25, 0.3) is 0 Å². The monoisotopic (exact) mass is 199 g/mol. The third-order valence-electron chi connectivity index (χ3n) is 2.76. The van der Waals surface area contributed by atoms with Crippen LogP contribution in [0.15, 0.2) is 12.4 Å². The van der Waals surface area contributed by atoms with Crippen molar-refractivity contribution in [3.63, 3.8) is 0 Å². The molecule has 13 heavy (non-hydrogen) atoms. The molecule has 2 unspecified atom stereocenters. The number of hydrogen-bond acceptors (Lipinski definition) is 2. The van der Waals surface area contributed by atoms with Gasteiger partial charge >= 0.3 is 0 Å². The van der Waals surface area contributed by atoms with Gasteiger partial charge in [-0.1, -0.05) is 11.6 Å². The molecule has 0 spiro atoms. The van der Waals surface area contributed by atoms with Crippen molar-refractivity contribution in [1.29, 1.82) is 0 Å². The van der Waals surface area contributed by atoms with E-state index in [9.17, 15) is 0 Å². The van der Waals surface area contributed by atoms with E-state index in [-0.39, 0.29) is 0 Å². The lowest BCUT2D eigenvalue weighted by molar-refractivity contribution is 0.451. The molecule has 1 heterocycles. The molecule has 0 aliphatic heterocycles. The van der Waals surface area contributed by atoms with E-state index < -0.39 is 0 Å². The predicted molar refractivity (Wildman–Crippen MR) is 53.0 cm³/mol. The van der Waals surface area contributed by atoms with Gasteiger partial charge in [0.05, 0.1) is 17.3 Å². The molecule has 72 valence electrons. The Bertz CT molecular complexity index is 284. The topological polar surface area (TPSA) is 29.9 Å². The molecule has 4 heteroatoms. The molecule has 3 nitrogen and oxygen atoms in total. The second-order valence-corrected chi connectivity index (χ2v) is 4.03. The minimum absolute atomic E-state index is 0.532. The van der Waals surface area contributed by atoms with Crippen LogP contribution in [0.1, 0.15) is 25.3 Å². The van der Waals surface area contributed by atoms with Crippen LogP contribution in [0.25, 0.3) is 0 Å². The smallest absolute Gasteiger partial charge is 0.0785 e. The lowest BCUT2D eigenvalue weighted by atomic mass is 10.2. The Balaban J connectivity index is 2.03. The molecule has 0 aromatic carbocycles. The highest BCUT2D eigenvalue weighted by Crippen LogP contribution is 2.29. The van der Waals surface area contributed by atoms with Gasteiger partial charge in [-0.2, -0.15) is 5.10 Å². The zero-order chi connectivity index (χ0) is 9.26. The van der Waals surface area contributed by atoms with E-state index >= 15 is 0 Å². The maximum atomic E-state index is 5.81. The summed E-state index contributed by atoms with van der Waals surface area (Å²) in [7, 11) is 2.02. The number of hydrogen-bond donors (Lipinski definition) is 1. The van der Waals surface area contributed by atoms with Crippen LogP contribution in [-0.4, -0.2) is 22.9 Å². The number of aromatic nitrogens is 2. The lowest BCUT2D eigenvalue weighted by Gasteiger charge is -2.10. The second-order valence-electron chi connectivity index (χ2n) is 3.59. The summed E-state index contributed by atoms with van der Waals surface area (Å²) < 4.78 is 1.99. The predicted octanol–water partition coefficient (Wildman–Crippen LogP) is 1.85. The summed E-state index contributed by atoms with van der Waals surface area (Å²) in [5, 5.41) is 8.25. The molecular formula is C9H14ClN3. The van der Waals surface area contributed by atoms with Gasteiger partial charge in [0.15, 0.2) is 0 Å². The van der Waals surface area contributed by atoms with Gasteiger partial charge in [-0.15, -0.1) is 0 Å². The van der Waals surface area contributed by atoms with Crippen LogP contribution in [-0.2, 0) is 0 Å². The normalized spacial score (nSPS) is 28.2. The number of rotatable bonds is 2. The molecule has 0 saturated heterocycles. The van der Waals surface area contributed by atoms with E-state index in [0.29, 0.717) is 12.1 Å². The zero-order valence-electron chi connectivity index (χ0n) is 7.70. The summed E-state index contributed by atoms with van der Waals surface area (Å²) in [6, 6.07) is 1.18. The molecule has 2 atom stereocenters. The van der Waals surface area contributed by atoms with Crippen LogP contribution >= 0.6 is 11.6 Å². The lowest BCUT2D eigenvalue weighted by Crippen LogP contribution is -2.21. The van der Waals surface area contributed by atoms with Crippen molar-refractivity contribution in [2.45, 2.75) is 31.3 Å². The van der Waals surface area contributed by atoms with Crippen molar-refractivity contribution in [3.8, 4) is 0 Å². The van der Waals surface area contributed by atoms with Crippen molar-refractivity contribution in [2.24, 2.45) is 0 Å². The van der Waals surface area contributed by atoms with Crippen LogP contribution in [0, 0.1) is 0 Å². The van der Waals surface area contributed by atoms with Crippen LogP contribution in [0.3, 0.4) is 0 Å². The van der Waals surface area contributed by atoms with Crippen LogP contribution in [0.2, 0.25) is 5.02 Å². The molecule has 1 N–H and O–H groups in total. The zero-order valence-corrected chi connectivity index (χ0v) is 8.46. The largest absolute Gasteiger partial charge is 0.317 e. The summed E-state index contributed by atoms with van der Waals surface area (Å²) in [6.07, 6.45) is 7.20. The fraction of sp³-hybridized carbons (Fsp3) is 0.667. The SMILES string of the molecule is CNC1CCC(n2cc(Cl)cn2)C1. The minimum atomic E-state index is 0.532. The average molecular weight is 200 g/mol. The van der Waals surface area contributed by atoms with Crippen molar-refractivity contribution >= 4 is 11.6 Å². The summed E-state index contributed by atoms with van der Waals surface area (Å²) in [6.45, 7) is 0. The molecule has 1 saturated carbocycles. The van der Waals surface area contributed by atoms with E-state index in [0.717, 1.165) is 11.4 Å². The Hall–Kier alpha value is -0.540. The van der Waals surface area contributed by atoms with Gasteiger partial charge < -0.3 is 5.32 Å². The van der Waals surface area contributed by atoms with Crippen molar-refractivity contribution in [1.82, 2.24) is 15.1 Å². The molecule has 0 bridgehead atoms. The van der Waals surface area contributed by atoms with E-state index in [4.69, 9.17) is 11.6 Å². The fourth-order valence-corrected chi connectivity index (χ4v) is 2.12. The van der Waals surface area contributed by atoms with Gasteiger partial charge in [-0.05, 0) is 26.3 Å². The third-order valence-corrected chi connectivity index (χ3v) is 2.95. The van der Waals surface area contributed by atoms with E-state index in [1.165, 1.54) is 12.8 Å². The Morgan fingerprint density at radius 1 is 1.62 bits per heavy atom.